The molecule has 2 aromatic rings. The summed E-state index contributed by atoms with van der Waals surface area (Å²) >= 11 is 0. The Labute approximate surface area is 130 Å². The minimum atomic E-state index is -0.213. The fraction of sp³-hybridized carbons (Fsp3) is 0.562. The fourth-order valence-electron chi connectivity index (χ4n) is 3.03. The summed E-state index contributed by atoms with van der Waals surface area (Å²) in [7, 11) is 0. The highest BCUT2D eigenvalue weighted by molar-refractivity contribution is 5.51. The molecule has 3 heterocycles. The molecule has 0 aliphatic carbocycles. The predicted octanol–water partition coefficient (Wildman–Crippen LogP) is 2.57. The van der Waals surface area contributed by atoms with Crippen LogP contribution in [0, 0.1) is 0 Å². The van der Waals surface area contributed by atoms with Crippen molar-refractivity contribution in [2.24, 2.45) is 0 Å². The second kappa shape index (κ2) is 5.44. The quantitative estimate of drug-likeness (QED) is 0.935. The van der Waals surface area contributed by atoms with Crippen molar-refractivity contribution in [3.05, 3.63) is 30.4 Å². The number of nitrogens with zero attached hydrogens (tertiary/aromatic N) is 3. The van der Waals surface area contributed by atoms with Gasteiger partial charge in [-0.15, -0.1) is 0 Å². The van der Waals surface area contributed by atoms with Crippen molar-refractivity contribution in [2.45, 2.75) is 57.9 Å². The number of hydrogen-bond acceptors (Lipinski definition) is 6. The average molecular weight is 302 g/mol. The van der Waals surface area contributed by atoms with E-state index in [2.05, 4.69) is 48.1 Å². The van der Waals surface area contributed by atoms with Crippen LogP contribution in [0.4, 0.5) is 0 Å². The summed E-state index contributed by atoms with van der Waals surface area (Å²) in [5.74, 6) is 1.13. The van der Waals surface area contributed by atoms with E-state index >= 15 is 0 Å². The van der Waals surface area contributed by atoms with E-state index in [-0.39, 0.29) is 17.2 Å². The third kappa shape index (κ3) is 3.18. The Morgan fingerprint density at radius 2 is 2.14 bits per heavy atom. The van der Waals surface area contributed by atoms with Gasteiger partial charge in [-0.25, -0.2) is 0 Å². The van der Waals surface area contributed by atoms with Gasteiger partial charge in [-0.3, -0.25) is 4.98 Å². The Kier molecular flexibility index (Phi) is 3.74. The van der Waals surface area contributed by atoms with Gasteiger partial charge in [0.1, 0.15) is 0 Å². The van der Waals surface area contributed by atoms with Gasteiger partial charge in [0.2, 0.25) is 11.7 Å². The highest BCUT2D eigenvalue weighted by Gasteiger charge is 2.45. The highest BCUT2D eigenvalue weighted by Crippen LogP contribution is 2.37. The van der Waals surface area contributed by atoms with Crippen LogP contribution in [0.5, 0.6) is 0 Å². The summed E-state index contributed by atoms with van der Waals surface area (Å²) in [6.07, 6.45) is 4.39. The number of nitrogens with one attached hydrogen (secondary N) is 1. The monoisotopic (exact) mass is 302 g/mol. The average Bonchev–Trinajstić information content (AvgIpc) is 2.99. The molecule has 1 fully saturated rings. The molecule has 118 valence electrons. The molecule has 1 atom stereocenters. The molecule has 1 N–H and O–H groups in total. The van der Waals surface area contributed by atoms with Crippen LogP contribution in [0.2, 0.25) is 0 Å². The lowest BCUT2D eigenvalue weighted by Gasteiger charge is -2.27. The van der Waals surface area contributed by atoms with Crippen LogP contribution >= 0.6 is 0 Å². The number of ether oxygens (including phenoxy) is 1. The molecule has 2 aromatic heterocycles. The first-order valence-electron chi connectivity index (χ1n) is 7.52. The lowest BCUT2D eigenvalue weighted by molar-refractivity contribution is -0.0700. The maximum atomic E-state index is 6.07. The third-order valence-electron chi connectivity index (χ3n) is 3.96. The van der Waals surface area contributed by atoms with Crippen LogP contribution in [0.1, 0.15) is 40.0 Å². The molecule has 0 radical (unpaired) electrons. The number of hydrogen-bond donors (Lipinski definition) is 1. The van der Waals surface area contributed by atoms with Crippen molar-refractivity contribution in [2.75, 3.05) is 0 Å². The Morgan fingerprint density at radius 1 is 1.32 bits per heavy atom. The zero-order valence-electron chi connectivity index (χ0n) is 13.5. The van der Waals surface area contributed by atoms with Gasteiger partial charge in [0.25, 0.3) is 0 Å². The van der Waals surface area contributed by atoms with Gasteiger partial charge in [0.15, 0.2) is 0 Å². The summed E-state index contributed by atoms with van der Waals surface area (Å²) < 4.78 is 11.4. The Hall–Kier alpha value is -1.79. The van der Waals surface area contributed by atoms with Crippen LogP contribution in [-0.4, -0.2) is 32.4 Å². The first-order valence-corrected chi connectivity index (χ1v) is 7.52. The standard InChI is InChI=1S/C16H22N4O2/c1-15(2)8-12(16(3,4)22-15)18-10-13-19-14(20-21-13)11-6-5-7-17-9-11/h5-7,9,12,18H,8,10H2,1-4H3/t12-/m0/s1. The summed E-state index contributed by atoms with van der Waals surface area (Å²) in [6.45, 7) is 8.97. The zero-order chi connectivity index (χ0) is 15.8. The lowest BCUT2D eigenvalue weighted by atomic mass is 9.94. The number of rotatable bonds is 4. The van der Waals surface area contributed by atoms with Gasteiger partial charge in [-0.2, -0.15) is 4.98 Å². The summed E-state index contributed by atoms with van der Waals surface area (Å²) in [4.78, 5) is 8.46. The molecule has 0 bridgehead atoms. The minimum Gasteiger partial charge on any atom is -0.368 e. The molecule has 0 aromatic carbocycles. The molecule has 1 aliphatic heterocycles. The van der Waals surface area contributed by atoms with E-state index in [4.69, 9.17) is 9.26 Å². The van der Waals surface area contributed by atoms with Crippen molar-refractivity contribution >= 4 is 0 Å². The second-order valence-corrected chi connectivity index (χ2v) is 6.86. The number of aromatic nitrogens is 3. The van der Waals surface area contributed by atoms with E-state index in [0.29, 0.717) is 18.3 Å². The van der Waals surface area contributed by atoms with Crippen LogP contribution < -0.4 is 5.32 Å². The topological polar surface area (TPSA) is 73.1 Å². The molecule has 1 saturated heterocycles. The molecular formula is C16H22N4O2. The van der Waals surface area contributed by atoms with Crippen LogP contribution in [0.25, 0.3) is 11.4 Å². The second-order valence-electron chi connectivity index (χ2n) is 6.86. The van der Waals surface area contributed by atoms with Crippen molar-refractivity contribution in [1.82, 2.24) is 20.4 Å². The molecule has 0 saturated carbocycles. The third-order valence-corrected chi connectivity index (χ3v) is 3.96. The van der Waals surface area contributed by atoms with E-state index in [9.17, 15) is 0 Å². The van der Waals surface area contributed by atoms with Gasteiger partial charge < -0.3 is 14.6 Å². The first-order chi connectivity index (χ1) is 10.4. The van der Waals surface area contributed by atoms with Gasteiger partial charge in [0.05, 0.1) is 17.7 Å². The van der Waals surface area contributed by atoms with E-state index < -0.39 is 0 Å². The molecule has 22 heavy (non-hydrogen) atoms. The van der Waals surface area contributed by atoms with Gasteiger partial charge in [0, 0.05) is 24.0 Å². The molecule has 6 nitrogen and oxygen atoms in total. The zero-order valence-corrected chi connectivity index (χ0v) is 13.5. The molecule has 6 heteroatoms. The first kappa shape index (κ1) is 15.1. The van der Waals surface area contributed by atoms with Gasteiger partial charge in [-0.1, -0.05) is 5.16 Å². The molecule has 0 spiro atoms. The SMILES string of the molecule is CC1(C)C[C@H](NCc2nc(-c3cccnc3)no2)C(C)(C)O1. The molecule has 1 aliphatic rings. The van der Waals surface area contributed by atoms with E-state index in [1.807, 2.05) is 12.1 Å². The van der Waals surface area contributed by atoms with E-state index in [0.717, 1.165) is 12.0 Å². The van der Waals surface area contributed by atoms with E-state index in [1.165, 1.54) is 0 Å². The Morgan fingerprint density at radius 3 is 2.77 bits per heavy atom. The van der Waals surface area contributed by atoms with Crippen molar-refractivity contribution in [1.29, 1.82) is 0 Å². The Balaban J connectivity index is 1.64. The Bertz CT molecular complexity index is 637. The largest absolute Gasteiger partial charge is 0.368 e. The molecular weight excluding hydrogens is 280 g/mol. The maximum absolute atomic E-state index is 6.07. The summed E-state index contributed by atoms with van der Waals surface area (Å²) in [5.41, 5.74) is 0.523. The van der Waals surface area contributed by atoms with Crippen molar-refractivity contribution < 1.29 is 9.26 Å². The summed E-state index contributed by atoms with van der Waals surface area (Å²) in [6, 6.07) is 4.01. The van der Waals surface area contributed by atoms with Crippen LogP contribution in [-0.2, 0) is 11.3 Å². The maximum Gasteiger partial charge on any atom is 0.240 e. The van der Waals surface area contributed by atoms with Crippen molar-refractivity contribution in [3.8, 4) is 11.4 Å². The summed E-state index contributed by atoms with van der Waals surface area (Å²) in [5, 5.41) is 7.47. The smallest absolute Gasteiger partial charge is 0.240 e. The number of pyridine rings is 1. The van der Waals surface area contributed by atoms with E-state index in [1.54, 1.807) is 12.4 Å². The van der Waals surface area contributed by atoms with Crippen molar-refractivity contribution in [3.63, 3.8) is 0 Å². The normalized spacial score (nSPS) is 22.8. The fourth-order valence-corrected chi connectivity index (χ4v) is 3.03. The molecule has 0 unspecified atom stereocenters. The van der Waals surface area contributed by atoms with Gasteiger partial charge >= 0.3 is 0 Å². The van der Waals surface area contributed by atoms with Crippen LogP contribution in [0.3, 0.4) is 0 Å². The predicted molar refractivity (Wildman–Crippen MR) is 82.0 cm³/mol. The molecule has 0 amide bonds. The van der Waals surface area contributed by atoms with Gasteiger partial charge in [-0.05, 0) is 46.2 Å². The highest BCUT2D eigenvalue weighted by atomic mass is 16.5. The van der Waals surface area contributed by atoms with Crippen LogP contribution in [0.15, 0.2) is 29.0 Å². The molecule has 3 rings (SSSR count). The lowest BCUT2D eigenvalue weighted by Crippen LogP contribution is -2.43. The minimum absolute atomic E-state index is 0.114.